The van der Waals surface area contributed by atoms with Crippen molar-refractivity contribution >= 4 is 0 Å². The fourth-order valence-corrected chi connectivity index (χ4v) is 1.88. The highest BCUT2D eigenvalue weighted by atomic mass is 19.2. The van der Waals surface area contributed by atoms with Crippen LogP contribution in [0.3, 0.4) is 0 Å². The Morgan fingerprint density at radius 3 is 2.35 bits per heavy atom. The zero-order chi connectivity index (χ0) is 13.0. The Kier molecular flexibility index (Phi) is 5.02. The lowest BCUT2D eigenvalue weighted by molar-refractivity contribution is 0.279. The summed E-state index contributed by atoms with van der Waals surface area (Å²) in [7, 11) is 1.97. The van der Waals surface area contributed by atoms with Crippen molar-refractivity contribution < 1.29 is 8.78 Å². The van der Waals surface area contributed by atoms with E-state index in [9.17, 15) is 8.78 Å². The molecule has 0 radical (unpaired) electrons. The molecule has 2 N–H and O–H groups in total. The minimum Gasteiger partial charge on any atom is -0.323 e. The number of rotatable bonds is 5. The fraction of sp³-hybridized carbons (Fsp3) is 0.538. The second-order valence-corrected chi connectivity index (χ2v) is 4.90. The van der Waals surface area contributed by atoms with Crippen molar-refractivity contribution in [1.82, 2.24) is 4.90 Å². The van der Waals surface area contributed by atoms with Gasteiger partial charge >= 0.3 is 0 Å². The Labute approximate surface area is 101 Å². The van der Waals surface area contributed by atoms with Crippen LogP contribution in [0, 0.1) is 17.6 Å². The molecular formula is C13H20F2N2. The van der Waals surface area contributed by atoms with Crippen LogP contribution in [0.25, 0.3) is 0 Å². The summed E-state index contributed by atoms with van der Waals surface area (Å²) in [4.78, 5) is 2.09. The van der Waals surface area contributed by atoms with E-state index in [2.05, 4.69) is 18.7 Å². The number of benzene rings is 1. The van der Waals surface area contributed by atoms with Gasteiger partial charge in [0, 0.05) is 19.1 Å². The Hall–Kier alpha value is -1.00. The van der Waals surface area contributed by atoms with Crippen molar-refractivity contribution in [3.05, 3.63) is 35.4 Å². The third-order valence-corrected chi connectivity index (χ3v) is 2.56. The molecular weight excluding hydrogens is 222 g/mol. The number of hydrogen-bond acceptors (Lipinski definition) is 2. The topological polar surface area (TPSA) is 29.3 Å². The molecule has 1 unspecified atom stereocenters. The van der Waals surface area contributed by atoms with Gasteiger partial charge in [0.1, 0.15) is 0 Å². The van der Waals surface area contributed by atoms with Gasteiger partial charge in [0.05, 0.1) is 0 Å². The van der Waals surface area contributed by atoms with Crippen molar-refractivity contribution in [3.8, 4) is 0 Å². The Morgan fingerprint density at radius 2 is 1.82 bits per heavy atom. The predicted octanol–water partition coefficient (Wildman–Crippen LogP) is 2.55. The minimum atomic E-state index is -0.843. The largest absolute Gasteiger partial charge is 0.323 e. The third-order valence-electron chi connectivity index (χ3n) is 2.56. The molecule has 0 spiro atoms. The van der Waals surface area contributed by atoms with Crippen LogP contribution in [0.15, 0.2) is 18.2 Å². The highest BCUT2D eigenvalue weighted by Gasteiger charge is 2.12. The van der Waals surface area contributed by atoms with Gasteiger partial charge in [0.25, 0.3) is 0 Å². The zero-order valence-electron chi connectivity index (χ0n) is 10.6. The fourth-order valence-electron chi connectivity index (χ4n) is 1.88. The first-order valence-electron chi connectivity index (χ1n) is 5.79. The molecule has 0 heterocycles. The van der Waals surface area contributed by atoms with Crippen LogP contribution in [0.2, 0.25) is 0 Å². The van der Waals surface area contributed by atoms with Crippen LogP contribution in [-0.2, 0) is 0 Å². The summed E-state index contributed by atoms with van der Waals surface area (Å²) < 4.78 is 25.8. The number of hydrogen-bond donors (Lipinski definition) is 1. The number of nitrogens with two attached hydrogens (primary N) is 1. The monoisotopic (exact) mass is 242 g/mol. The van der Waals surface area contributed by atoms with E-state index >= 15 is 0 Å². The van der Waals surface area contributed by atoms with Crippen LogP contribution in [0.4, 0.5) is 8.78 Å². The summed E-state index contributed by atoms with van der Waals surface area (Å²) in [6, 6.07) is 3.52. The lowest BCUT2D eigenvalue weighted by Gasteiger charge is -2.23. The molecule has 0 aliphatic rings. The molecule has 1 rings (SSSR count). The van der Waals surface area contributed by atoms with E-state index in [1.165, 1.54) is 12.1 Å². The van der Waals surface area contributed by atoms with E-state index < -0.39 is 11.6 Å². The minimum absolute atomic E-state index is 0.297. The Bertz CT molecular complexity index is 366. The third kappa shape index (κ3) is 4.40. The highest BCUT2D eigenvalue weighted by Crippen LogP contribution is 2.15. The molecule has 2 nitrogen and oxygen atoms in total. The van der Waals surface area contributed by atoms with E-state index in [1.807, 2.05) is 7.05 Å². The lowest BCUT2D eigenvalue weighted by atomic mass is 10.1. The summed E-state index contributed by atoms with van der Waals surface area (Å²) in [5.74, 6) is -1.13. The number of likely N-dealkylation sites (N-methyl/N-ethyl adjacent to an activating group) is 1. The molecule has 1 atom stereocenters. The maximum absolute atomic E-state index is 13.0. The molecule has 17 heavy (non-hydrogen) atoms. The van der Waals surface area contributed by atoms with Gasteiger partial charge in [-0.2, -0.15) is 0 Å². The maximum atomic E-state index is 13.0. The van der Waals surface area contributed by atoms with Crippen molar-refractivity contribution in [1.29, 1.82) is 0 Å². The Morgan fingerprint density at radius 1 is 1.18 bits per heavy atom. The van der Waals surface area contributed by atoms with Crippen molar-refractivity contribution in [2.45, 2.75) is 19.9 Å². The van der Waals surface area contributed by atoms with Gasteiger partial charge in [0.2, 0.25) is 0 Å². The SMILES string of the molecule is CC(C)CN(C)CC(N)c1ccc(F)c(F)c1. The van der Waals surface area contributed by atoms with Gasteiger partial charge in [-0.05, 0) is 30.7 Å². The smallest absolute Gasteiger partial charge is 0.159 e. The molecule has 4 heteroatoms. The molecule has 0 aliphatic carbocycles. The maximum Gasteiger partial charge on any atom is 0.159 e. The second-order valence-electron chi connectivity index (χ2n) is 4.90. The summed E-state index contributed by atoms with van der Waals surface area (Å²) in [5, 5.41) is 0. The van der Waals surface area contributed by atoms with Crippen LogP contribution in [0.5, 0.6) is 0 Å². The quantitative estimate of drug-likeness (QED) is 0.859. The summed E-state index contributed by atoms with van der Waals surface area (Å²) >= 11 is 0. The van der Waals surface area contributed by atoms with Crippen molar-refractivity contribution in [2.24, 2.45) is 11.7 Å². The number of halogens is 2. The van der Waals surface area contributed by atoms with Crippen LogP contribution in [-0.4, -0.2) is 25.0 Å². The van der Waals surface area contributed by atoms with Gasteiger partial charge in [-0.1, -0.05) is 19.9 Å². The molecule has 0 saturated carbocycles. The van der Waals surface area contributed by atoms with Crippen LogP contribution < -0.4 is 5.73 Å². The van der Waals surface area contributed by atoms with Crippen molar-refractivity contribution in [2.75, 3.05) is 20.1 Å². The normalized spacial score (nSPS) is 13.4. The first-order chi connectivity index (χ1) is 7.90. The van der Waals surface area contributed by atoms with E-state index in [1.54, 1.807) is 0 Å². The van der Waals surface area contributed by atoms with Gasteiger partial charge in [0.15, 0.2) is 11.6 Å². The molecule has 96 valence electrons. The average Bonchev–Trinajstić information content (AvgIpc) is 2.20. The summed E-state index contributed by atoms with van der Waals surface area (Å²) in [5.41, 5.74) is 6.58. The molecule has 0 bridgehead atoms. The first kappa shape index (κ1) is 14.1. The summed E-state index contributed by atoms with van der Waals surface area (Å²) in [6.45, 7) is 5.81. The van der Waals surface area contributed by atoms with Crippen LogP contribution >= 0.6 is 0 Å². The predicted molar refractivity (Wildman–Crippen MR) is 65.6 cm³/mol. The molecule has 0 saturated heterocycles. The first-order valence-corrected chi connectivity index (χ1v) is 5.79. The summed E-state index contributed by atoms with van der Waals surface area (Å²) in [6.07, 6.45) is 0. The zero-order valence-corrected chi connectivity index (χ0v) is 10.6. The van der Waals surface area contributed by atoms with E-state index in [4.69, 9.17) is 5.73 Å². The van der Waals surface area contributed by atoms with Gasteiger partial charge < -0.3 is 10.6 Å². The second kappa shape index (κ2) is 6.07. The molecule has 0 aromatic heterocycles. The Balaban J connectivity index is 2.63. The standard InChI is InChI=1S/C13H20F2N2/c1-9(2)7-17(3)8-13(16)10-4-5-11(14)12(15)6-10/h4-6,9,13H,7-8,16H2,1-3H3. The van der Waals surface area contributed by atoms with E-state index in [0.29, 0.717) is 18.0 Å². The van der Waals surface area contributed by atoms with Crippen LogP contribution in [0.1, 0.15) is 25.5 Å². The molecule has 0 amide bonds. The van der Waals surface area contributed by atoms with Gasteiger partial charge in [-0.3, -0.25) is 0 Å². The van der Waals surface area contributed by atoms with Gasteiger partial charge in [-0.15, -0.1) is 0 Å². The van der Waals surface area contributed by atoms with E-state index in [0.717, 1.165) is 12.6 Å². The average molecular weight is 242 g/mol. The highest BCUT2D eigenvalue weighted by molar-refractivity contribution is 5.21. The molecule has 0 aliphatic heterocycles. The number of nitrogens with zero attached hydrogens (tertiary/aromatic N) is 1. The molecule has 1 aromatic rings. The molecule has 1 aromatic carbocycles. The van der Waals surface area contributed by atoms with Gasteiger partial charge in [-0.25, -0.2) is 8.78 Å². The van der Waals surface area contributed by atoms with Crippen molar-refractivity contribution in [3.63, 3.8) is 0 Å². The molecule has 0 fully saturated rings. The van der Waals surface area contributed by atoms with E-state index in [-0.39, 0.29) is 6.04 Å². The lowest BCUT2D eigenvalue weighted by Crippen LogP contribution is -2.31.